The van der Waals surface area contributed by atoms with Gasteiger partial charge in [0.2, 0.25) is 0 Å². The van der Waals surface area contributed by atoms with E-state index in [4.69, 9.17) is 16.3 Å². The Bertz CT molecular complexity index is 452. The first-order chi connectivity index (χ1) is 8.49. The average Bonchev–Trinajstić information content (AvgIpc) is 2.37. The molecule has 1 aromatic rings. The molecule has 0 N–H and O–H groups in total. The van der Waals surface area contributed by atoms with Crippen LogP contribution in [0.2, 0.25) is 0 Å². The van der Waals surface area contributed by atoms with Crippen molar-refractivity contribution in [2.24, 2.45) is 0 Å². The summed E-state index contributed by atoms with van der Waals surface area (Å²) in [6, 6.07) is 5.05. The molecule has 0 radical (unpaired) electrons. The first kappa shape index (κ1) is 14.7. The zero-order valence-corrected chi connectivity index (χ0v) is 11.6. The van der Waals surface area contributed by atoms with Gasteiger partial charge in [0.15, 0.2) is 5.78 Å². The summed E-state index contributed by atoms with van der Waals surface area (Å²) in [5, 5.41) is -0.604. The van der Waals surface area contributed by atoms with Crippen LogP contribution in [0.25, 0.3) is 0 Å². The molecule has 18 heavy (non-hydrogen) atoms. The summed E-state index contributed by atoms with van der Waals surface area (Å²) in [6.07, 6.45) is 0.740. The maximum absolute atomic E-state index is 11.9. The van der Waals surface area contributed by atoms with E-state index < -0.39 is 11.3 Å². The predicted octanol–water partition coefficient (Wildman–Crippen LogP) is 3.24. The summed E-state index contributed by atoms with van der Waals surface area (Å²) in [5.74, 6) is -0.596. The minimum absolute atomic E-state index is 0.183. The SMILES string of the molecule is CCOC(=O)c1cc(CC)cc(C(=O)C(C)Cl)c1. The van der Waals surface area contributed by atoms with Crippen molar-refractivity contribution < 1.29 is 14.3 Å². The first-order valence-electron chi connectivity index (χ1n) is 5.99. The Morgan fingerprint density at radius 1 is 1.22 bits per heavy atom. The highest BCUT2D eigenvalue weighted by molar-refractivity contribution is 6.33. The Morgan fingerprint density at radius 3 is 2.33 bits per heavy atom. The van der Waals surface area contributed by atoms with E-state index in [2.05, 4.69) is 0 Å². The lowest BCUT2D eigenvalue weighted by molar-refractivity contribution is 0.0526. The van der Waals surface area contributed by atoms with E-state index in [1.807, 2.05) is 6.92 Å². The molecule has 0 saturated carbocycles. The second kappa shape index (κ2) is 6.55. The highest BCUT2D eigenvalue weighted by atomic mass is 35.5. The van der Waals surface area contributed by atoms with Gasteiger partial charge < -0.3 is 4.74 Å². The van der Waals surface area contributed by atoms with Crippen molar-refractivity contribution in [3.05, 3.63) is 34.9 Å². The quantitative estimate of drug-likeness (QED) is 0.468. The van der Waals surface area contributed by atoms with Crippen LogP contribution in [0.4, 0.5) is 0 Å². The van der Waals surface area contributed by atoms with Crippen molar-refractivity contribution in [3.8, 4) is 0 Å². The van der Waals surface area contributed by atoms with Crippen molar-refractivity contribution >= 4 is 23.4 Å². The molecule has 0 bridgehead atoms. The molecule has 1 atom stereocenters. The summed E-state index contributed by atoms with van der Waals surface area (Å²) >= 11 is 5.79. The number of benzene rings is 1. The van der Waals surface area contributed by atoms with Gasteiger partial charge in [0.25, 0.3) is 0 Å². The van der Waals surface area contributed by atoms with E-state index in [9.17, 15) is 9.59 Å². The van der Waals surface area contributed by atoms with Gasteiger partial charge in [-0.05, 0) is 44.0 Å². The second-order valence-electron chi connectivity index (χ2n) is 3.97. The van der Waals surface area contributed by atoms with Crippen molar-refractivity contribution in [2.75, 3.05) is 6.61 Å². The van der Waals surface area contributed by atoms with Gasteiger partial charge in [0.05, 0.1) is 17.5 Å². The third kappa shape index (κ3) is 3.57. The van der Waals surface area contributed by atoms with Crippen LogP contribution < -0.4 is 0 Å². The number of ether oxygens (including phenoxy) is 1. The molecule has 1 rings (SSSR count). The summed E-state index contributed by atoms with van der Waals surface area (Å²) in [5.41, 5.74) is 1.78. The minimum atomic E-state index is -0.604. The number of esters is 1. The van der Waals surface area contributed by atoms with Gasteiger partial charge in [-0.25, -0.2) is 4.79 Å². The maximum atomic E-state index is 11.9. The molecule has 0 aliphatic rings. The monoisotopic (exact) mass is 268 g/mol. The Hall–Kier alpha value is -1.35. The fourth-order valence-electron chi connectivity index (χ4n) is 1.60. The van der Waals surface area contributed by atoms with Crippen LogP contribution >= 0.6 is 11.6 Å². The Morgan fingerprint density at radius 2 is 1.83 bits per heavy atom. The van der Waals surface area contributed by atoms with Gasteiger partial charge in [-0.2, -0.15) is 0 Å². The first-order valence-corrected chi connectivity index (χ1v) is 6.42. The zero-order valence-electron chi connectivity index (χ0n) is 10.8. The van der Waals surface area contributed by atoms with Crippen LogP contribution in [-0.2, 0) is 11.2 Å². The van der Waals surface area contributed by atoms with Crippen molar-refractivity contribution in [3.63, 3.8) is 0 Å². The molecule has 0 aliphatic heterocycles. The van der Waals surface area contributed by atoms with E-state index >= 15 is 0 Å². The Labute approximate surface area is 112 Å². The lowest BCUT2D eigenvalue weighted by atomic mass is 10.0. The van der Waals surface area contributed by atoms with Gasteiger partial charge in [-0.15, -0.1) is 11.6 Å². The molecular weight excluding hydrogens is 252 g/mol. The summed E-state index contributed by atoms with van der Waals surface area (Å²) in [7, 11) is 0. The Kier molecular flexibility index (Phi) is 5.35. The molecule has 0 aromatic heterocycles. The molecule has 0 amide bonds. The van der Waals surface area contributed by atoms with Gasteiger partial charge in [-0.3, -0.25) is 4.79 Å². The normalized spacial score (nSPS) is 12.0. The zero-order chi connectivity index (χ0) is 13.7. The van der Waals surface area contributed by atoms with Crippen molar-refractivity contribution in [1.29, 1.82) is 0 Å². The van der Waals surface area contributed by atoms with Crippen LogP contribution in [0, 0.1) is 0 Å². The minimum Gasteiger partial charge on any atom is -0.462 e. The number of carbonyl (C=O) groups is 2. The predicted molar refractivity (Wildman–Crippen MR) is 71.4 cm³/mol. The average molecular weight is 269 g/mol. The fourth-order valence-corrected chi connectivity index (χ4v) is 1.73. The molecule has 98 valence electrons. The second-order valence-corrected chi connectivity index (χ2v) is 4.63. The molecular formula is C14H17ClO3. The van der Waals surface area contributed by atoms with E-state index in [0.717, 1.165) is 12.0 Å². The van der Waals surface area contributed by atoms with E-state index in [1.165, 1.54) is 0 Å². The standard InChI is InChI=1S/C14H17ClO3/c1-4-10-6-11(13(16)9(3)15)8-12(7-10)14(17)18-5-2/h6-9H,4-5H2,1-3H3. The van der Waals surface area contributed by atoms with Crippen LogP contribution in [0.5, 0.6) is 0 Å². The summed E-state index contributed by atoms with van der Waals surface area (Å²) in [4.78, 5) is 23.6. The summed E-state index contributed by atoms with van der Waals surface area (Å²) < 4.78 is 4.94. The van der Waals surface area contributed by atoms with Gasteiger partial charge >= 0.3 is 5.97 Å². The van der Waals surface area contributed by atoms with Crippen LogP contribution in [0.1, 0.15) is 47.1 Å². The lowest BCUT2D eigenvalue weighted by Gasteiger charge is -2.08. The van der Waals surface area contributed by atoms with Crippen molar-refractivity contribution in [1.82, 2.24) is 0 Å². The molecule has 4 heteroatoms. The number of ketones is 1. The summed E-state index contributed by atoms with van der Waals surface area (Å²) in [6.45, 7) is 5.63. The number of hydrogen-bond donors (Lipinski definition) is 0. The third-order valence-electron chi connectivity index (χ3n) is 2.56. The molecule has 0 aliphatic carbocycles. The number of alkyl halides is 1. The highest BCUT2D eigenvalue weighted by Gasteiger charge is 2.16. The van der Waals surface area contributed by atoms with E-state index in [1.54, 1.807) is 32.0 Å². The Balaban J connectivity index is 3.17. The maximum Gasteiger partial charge on any atom is 0.338 e. The lowest BCUT2D eigenvalue weighted by Crippen LogP contribution is -2.13. The highest BCUT2D eigenvalue weighted by Crippen LogP contribution is 2.16. The number of hydrogen-bond acceptors (Lipinski definition) is 3. The number of halogens is 1. The molecule has 0 heterocycles. The van der Waals surface area contributed by atoms with Crippen LogP contribution in [0.3, 0.4) is 0 Å². The molecule has 0 spiro atoms. The number of aryl methyl sites for hydroxylation is 1. The number of carbonyl (C=O) groups excluding carboxylic acids is 2. The number of Topliss-reactive ketones (excluding diaryl/α,β-unsaturated/α-hetero) is 1. The molecule has 3 nitrogen and oxygen atoms in total. The fraction of sp³-hybridized carbons (Fsp3) is 0.429. The van der Waals surface area contributed by atoms with Crippen LogP contribution in [-0.4, -0.2) is 23.7 Å². The molecule has 0 fully saturated rings. The smallest absolute Gasteiger partial charge is 0.338 e. The van der Waals surface area contributed by atoms with Crippen molar-refractivity contribution in [2.45, 2.75) is 32.6 Å². The van der Waals surface area contributed by atoms with Gasteiger partial charge in [0.1, 0.15) is 0 Å². The van der Waals surface area contributed by atoms with Gasteiger partial charge in [-0.1, -0.05) is 6.92 Å². The van der Waals surface area contributed by atoms with Gasteiger partial charge in [0, 0.05) is 5.56 Å². The number of rotatable bonds is 5. The van der Waals surface area contributed by atoms with E-state index in [0.29, 0.717) is 17.7 Å². The van der Waals surface area contributed by atoms with E-state index in [-0.39, 0.29) is 5.78 Å². The van der Waals surface area contributed by atoms with Crippen LogP contribution in [0.15, 0.2) is 18.2 Å². The largest absolute Gasteiger partial charge is 0.462 e. The molecule has 1 unspecified atom stereocenters. The third-order valence-corrected chi connectivity index (χ3v) is 2.76. The molecule has 1 aromatic carbocycles. The topological polar surface area (TPSA) is 43.4 Å². The molecule has 0 saturated heterocycles.